The second kappa shape index (κ2) is 7.94. The molecule has 30 heavy (non-hydrogen) atoms. The van der Waals surface area contributed by atoms with Crippen molar-refractivity contribution in [2.24, 2.45) is 0 Å². The van der Waals surface area contributed by atoms with Crippen molar-refractivity contribution < 1.29 is 14.6 Å². The maximum Gasteiger partial charge on any atom is 0.407 e. The molecule has 1 aromatic heterocycles. The minimum absolute atomic E-state index is 0.0221. The van der Waals surface area contributed by atoms with Crippen LogP contribution in [0.4, 0.5) is 4.79 Å². The van der Waals surface area contributed by atoms with Gasteiger partial charge in [0, 0.05) is 16.2 Å². The summed E-state index contributed by atoms with van der Waals surface area (Å²) in [5.41, 5.74) is 5.57. The number of thiophene rings is 1. The molecule has 1 atom stereocenters. The molecule has 5 rings (SSSR count). The van der Waals surface area contributed by atoms with E-state index < -0.39 is 12.2 Å². The van der Waals surface area contributed by atoms with Crippen molar-refractivity contribution in [3.8, 4) is 11.1 Å². The zero-order valence-corrected chi connectivity index (χ0v) is 17.1. The Bertz CT molecular complexity index is 1170. The van der Waals surface area contributed by atoms with Crippen molar-refractivity contribution in [2.45, 2.75) is 12.0 Å². The summed E-state index contributed by atoms with van der Waals surface area (Å²) in [5, 5.41) is 16.2. The first-order valence-electron chi connectivity index (χ1n) is 9.95. The highest BCUT2D eigenvalue weighted by molar-refractivity contribution is 7.17. The minimum atomic E-state index is -0.776. The number of hydrogen-bond donors (Lipinski definition) is 2. The highest BCUT2D eigenvalue weighted by atomic mass is 32.1. The molecule has 0 spiro atoms. The van der Waals surface area contributed by atoms with Crippen LogP contribution >= 0.6 is 11.3 Å². The fourth-order valence-electron chi connectivity index (χ4n) is 4.20. The molecule has 0 saturated carbocycles. The van der Waals surface area contributed by atoms with Crippen molar-refractivity contribution in [1.29, 1.82) is 0 Å². The van der Waals surface area contributed by atoms with Gasteiger partial charge >= 0.3 is 6.09 Å². The lowest BCUT2D eigenvalue weighted by molar-refractivity contribution is 0.129. The number of carbonyl (C=O) groups excluding carboxylic acids is 1. The number of benzene rings is 3. The SMILES string of the molecule is O=C(NCC(O)c1csc2ccccc12)OCC1c2ccccc2-c2ccccc21. The van der Waals surface area contributed by atoms with E-state index in [0.717, 1.165) is 15.6 Å². The van der Waals surface area contributed by atoms with E-state index in [0.29, 0.717) is 0 Å². The van der Waals surface area contributed by atoms with Gasteiger partial charge in [0.2, 0.25) is 0 Å². The summed E-state index contributed by atoms with van der Waals surface area (Å²) in [6, 6.07) is 24.4. The molecule has 0 saturated heterocycles. The fourth-order valence-corrected chi connectivity index (χ4v) is 5.20. The lowest BCUT2D eigenvalue weighted by atomic mass is 9.98. The first kappa shape index (κ1) is 18.9. The van der Waals surface area contributed by atoms with Gasteiger partial charge in [-0.1, -0.05) is 66.7 Å². The molecule has 4 nitrogen and oxygen atoms in total. The van der Waals surface area contributed by atoms with Crippen molar-refractivity contribution in [3.05, 3.63) is 94.9 Å². The number of hydrogen-bond acceptors (Lipinski definition) is 4. The Hall–Kier alpha value is -3.15. The number of nitrogens with one attached hydrogen (secondary N) is 1. The monoisotopic (exact) mass is 415 g/mol. The van der Waals surface area contributed by atoms with Gasteiger partial charge < -0.3 is 15.2 Å². The molecular weight excluding hydrogens is 394 g/mol. The van der Waals surface area contributed by atoms with Crippen molar-refractivity contribution in [2.75, 3.05) is 13.2 Å². The number of amides is 1. The van der Waals surface area contributed by atoms with Crippen LogP contribution in [0.1, 0.15) is 28.7 Å². The van der Waals surface area contributed by atoms with Crippen LogP contribution in [0.15, 0.2) is 78.2 Å². The number of aliphatic hydroxyl groups is 1. The molecule has 0 bridgehead atoms. The molecule has 3 aromatic carbocycles. The molecule has 1 aliphatic carbocycles. The maximum atomic E-state index is 12.3. The lowest BCUT2D eigenvalue weighted by Crippen LogP contribution is -2.30. The molecule has 1 aliphatic rings. The molecule has 1 unspecified atom stereocenters. The maximum absolute atomic E-state index is 12.3. The predicted molar refractivity (Wildman–Crippen MR) is 120 cm³/mol. The largest absolute Gasteiger partial charge is 0.449 e. The quantitative estimate of drug-likeness (QED) is 0.454. The van der Waals surface area contributed by atoms with E-state index in [1.54, 1.807) is 11.3 Å². The molecule has 0 radical (unpaired) electrons. The Morgan fingerprint density at radius 2 is 1.60 bits per heavy atom. The zero-order valence-electron chi connectivity index (χ0n) is 16.2. The highest BCUT2D eigenvalue weighted by Crippen LogP contribution is 2.44. The van der Waals surface area contributed by atoms with E-state index in [4.69, 9.17) is 4.74 Å². The van der Waals surface area contributed by atoms with Crippen LogP contribution in [0.2, 0.25) is 0 Å². The molecular formula is C25H21NO3S. The third-order valence-corrected chi connectivity index (χ3v) is 6.64. The van der Waals surface area contributed by atoms with Gasteiger partial charge in [0.1, 0.15) is 6.61 Å². The number of ether oxygens (including phenoxy) is 1. The number of aliphatic hydroxyl groups excluding tert-OH is 1. The molecule has 150 valence electrons. The number of carbonyl (C=O) groups is 1. The van der Waals surface area contributed by atoms with Gasteiger partial charge in [0.15, 0.2) is 0 Å². The third-order valence-electron chi connectivity index (χ3n) is 5.65. The van der Waals surface area contributed by atoms with E-state index in [-0.39, 0.29) is 19.1 Å². The van der Waals surface area contributed by atoms with Crippen LogP contribution in [-0.2, 0) is 4.74 Å². The Morgan fingerprint density at radius 3 is 2.33 bits per heavy atom. The fraction of sp³-hybridized carbons (Fsp3) is 0.160. The summed E-state index contributed by atoms with van der Waals surface area (Å²) < 4.78 is 6.65. The van der Waals surface area contributed by atoms with E-state index in [1.165, 1.54) is 22.3 Å². The molecule has 5 heteroatoms. The standard InChI is InChI=1S/C25H21NO3S/c27-23(22-15-30-24-12-6-5-11-20(22)24)13-26-25(28)29-14-21-18-9-3-1-7-16(18)17-8-2-4-10-19(17)21/h1-12,15,21,23,27H,13-14H2,(H,26,28). The Labute approximate surface area is 178 Å². The Balaban J connectivity index is 1.23. The summed E-state index contributed by atoms with van der Waals surface area (Å²) in [6.07, 6.45) is -1.29. The van der Waals surface area contributed by atoms with Crippen molar-refractivity contribution in [3.63, 3.8) is 0 Å². The van der Waals surface area contributed by atoms with Crippen molar-refractivity contribution >= 4 is 27.5 Å². The predicted octanol–water partition coefficient (Wildman–Crippen LogP) is 5.47. The number of fused-ring (bicyclic) bond motifs is 4. The van der Waals surface area contributed by atoms with Crippen LogP contribution in [0.3, 0.4) is 0 Å². The van der Waals surface area contributed by atoms with Gasteiger partial charge in [0.25, 0.3) is 0 Å². The summed E-state index contributed by atoms with van der Waals surface area (Å²) in [5.74, 6) is 0.0221. The Kier molecular flexibility index (Phi) is 4.99. The molecule has 1 amide bonds. The van der Waals surface area contributed by atoms with E-state index in [2.05, 4.69) is 29.6 Å². The summed E-state index contributed by atoms with van der Waals surface area (Å²) in [4.78, 5) is 12.3. The van der Waals surface area contributed by atoms with Gasteiger partial charge in [-0.25, -0.2) is 4.79 Å². The topological polar surface area (TPSA) is 58.6 Å². The zero-order chi connectivity index (χ0) is 20.5. The molecule has 2 N–H and O–H groups in total. The van der Waals surface area contributed by atoms with Crippen LogP contribution in [0.5, 0.6) is 0 Å². The average molecular weight is 416 g/mol. The second-order valence-corrected chi connectivity index (χ2v) is 8.32. The first-order chi connectivity index (χ1) is 14.7. The summed E-state index contributed by atoms with van der Waals surface area (Å²) >= 11 is 1.59. The number of rotatable bonds is 5. The summed E-state index contributed by atoms with van der Waals surface area (Å²) in [7, 11) is 0. The smallest absolute Gasteiger partial charge is 0.407 e. The normalized spacial score (nSPS) is 13.6. The van der Waals surface area contributed by atoms with Crippen molar-refractivity contribution in [1.82, 2.24) is 5.32 Å². The minimum Gasteiger partial charge on any atom is -0.449 e. The van der Waals surface area contributed by atoms with Gasteiger partial charge in [-0.15, -0.1) is 11.3 Å². The average Bonchev–Trinajstić information content (AvgIpc) is 3.36. The second-order valence-electron chi connectivity index (χ2n) is 7.41. The van der Waals surface area contributed by atoms with Crippen LogP contribution in [0, 0.1) is 0 Å². The van der Waals surface area contributed by atoms with Gasteiger partial charge in [-0.3, -0.25) is 0 Å². The number of alkyl carbamates (subject to hydrolysis) is 1. The first-order valence-corrected chi connectivity index (χ1v) is 10.8. The van der Waals surface area contributed by atoms with Gasteiger partial charge in [-0.05, 0) is 39.1 Å². The van der Waals surface area contributed by atoms with E-state index in [9.17, 15) is 9.90 Å². The van der Waals surface area contributed by atoms with E-state index in [1.807, 2.05) is 53.9 Å². The summed E-state index contributed by atoms with van der Waals surface area (Å²) in [6.45, 7) is 0.370. The molecule has 4 aromatic rings. The molecule has 0 fully saturated rings. The molecule has 0 aliphatic heterocycles. The van der Waals surface area contributed by atoms with Crippen LogP contribution in [-0.4, -0.2) is 24.4 Å². The van der Waals surface area contributed by atoms with E-state index >= 15 is 0 Å². The molecule has 1 heterocycles. The Morgan fingerprint density at radius 1 is 0.967 bits per heavy atom. The highest BCUT2D eigenvalue weighted by Gasteiger charge is 2.29. The lowest BCUT2D eigenvalue weighted by Gasteiger charge is -2.16. The van der Waals surface area contributed by atoms with Gasteiger partial charge in [-0.2, -0.15) is 0 Å². The van der Waals surface area contributed by atoms with Crippen LogP contribution < -0.4 is 5.32 Å². The van der Waals surface area contributed by atoms with Gasteiger partial charge in [0.05, 0.1) is 12.6 Å². The third kappa shape index (κ3) is 3.36. The van der Waals surface area contributed by atoms with Crippen LogP contribution in [0.25, 0.3) is 21.2 Å².